The number of ether oxygens (including phenoxy) is 3. The Labute approximate surface area is 299 Å². The number of imidazole rings is 1. The molecule has 2 fully saturated rings. The number of hydrogen-bond acceptors (Lipinski definition) is 14. The minimum atomic E-state index is -4.52. The zero-order valence-corrected chi connectivity index (χ0v) is 29.8. The normalized spacial score (nSPS) is 22.9. The molecule has 7 N–H and O–H groups in total. The number of hydrogen-bond donors (Lipinski definition) is 6. The molecule has 278 valence electrons. The number of aromatic nitrogens is 4. The Balaban J connectivity index is 1.31. The van der Waals surface area contributed by atoms with E-state index in [1.165, 1.54) is 17.8 Å². The average Bonchev–Trinajstić information content (AvgIpc) is 3.80. The highest BCUT2D eigenvalue weighted by Crippen LogP contribution is 2.47. The first-order valence-corrected chi connectivity index (χ1v) is 18.6. The van der Waals surface area contributed by atoms with Gasteiger partial charge in [0, 0.05) is 6.04 Å². The number of fused-ring (bicyclic) bond motifs is 1. The molecule has 1 saturated heterocycles. The topological polar surface area (TPSA) is 234 Å². The highest BCUT2D eigenvalue weighted by molar-refractivity contribution is 7.54. The van der Waals surface area contributed by atoms with Gasteiger partial charge in [0.1, 0.15) is 29.9 Å². The van der Waals surface area contributed by atoms with E-state index in [4.69, 9.17) is 24.5 Å². The molecule has 18 heteroatoms. The predicted octanol–water partition coefficient (Wildman–Crippen LogP) is 2.90. The number of carbonyl (C=O) groups excluding carboxylic acids is 2. The Hall–Kier alpha value is -4.48. The average molecular weight is 739 g/mol. The number of nitrogens with two attached hydrogens (primary N) is 1. The predicted molar refractivity (Wildman–Crippen MR) is 188 cm³/mol. The second-order valence-corrected chi connectivity index (χ2v) is 14.5. The lowest BCUT2D eigenvalue weighted by Gasteiger charge is -2.30. The maximum absolute atomic E-state index is 15.0. The highest BCUT2D eigenvalue weighted by Gasteiger charge is 2.54. The van der Waals surface area contributed by atoms with Crippen molar-refractivity contribution >= 4 is 42.5 Å². The third-order valence-corrected chi connectivity index (χ3v) is 10.4. The first-order chi connectivity index (χ1) is 24.9. The molecule has 2 aromatic heterocycles. The maximum Gasteiger partial charge on any atom is 0.342 e. The van der Waals surface area contributed by atoms with E-state index in [9.17, 15) is 24.4 Å². The number of nitrogens with one attached hydrogen (secondary N) is 3. The van der Waals surface area contributed by atoms with Crippen LogP contribution >= 0.6 is 7.67 Å². The Kier molecular flexibility index (Phi) is 11.2. The Morgan fingerprint density at radius 3 is 2.08 bits per heavy atom. The largest absolute Gasteiger partial charge is 0.465 e. The molecule has 2 aromatic carbocycles. The molecule has 0 radical (unpaired) electrons. The van der Waals surface area contributed by atoms with Crippen molar-refractivity contribution in [1.29, 1.82) is 0 Å². The fraction of sp³-hybridized carbons (Fsp3) is 0.441. The van der Waals surface area contributed by atoms with Crippen LogP contribution < -0.4 is 21.2 Å². The Morgan fingerprint density at radius 2 is 1.56 bits per heavy atom. The van der Waals surface area contributed by atoms with Gasteiger partial charge in [-0.3, -0.25) is 9.13 Å². The van der Waals surface area contributed by atoms with Crippen molar-refractivity contribution in [2.24, 2.45) is 0 Å². The lowest BCUT2D eigenvalue weighted by atomic mass is 9.96. The molecule has 2 aliphatic rings. The number of benzene rings is 2. The van der Waals surface area contributed by atoms with Crippen molar-refractivity contribution in [3.05, 3.63) is 78.1 Å². The molecule has 1 aliphatic carbocycles. The van der Waals surface area contributed by atoms with Crippen LogP contribution in [0, 0.1) is 0 Å². The van der Waals surface area contributed by atoms with E-state index in [0.717, 1.165) is 12.8 Å². The van der Waals surface area contributed by atoms with Crippen LogP contribution in [0.15, 0.2) is 67.0 Å². The summed E-state index contributed by atoms with van der Waals surface area (Å²) in [5.74, 6) is -1.10. The van der Waals surface area contributed by atoms with Gasteiger partial charge in [-0.2, -0.15) is 9.97 Å². The van der Waals surface area contributed by atoms with Crippen LogP contribution in [-0.4, -0.2) is 85.3 Å². The smallest absolute Gasteiger partial charge is 0.342 e. The van der Waals surface area contributed by atoms with Crippen molar-refractivity contribution in [3.8, 4) is 0 Å². The van der Waals surface area contributed by atoms with E-state index in [0.29, 0.717) is 22.5 Å². The summed E-state index contributed by atoms with van der Waals surface area (Å²) in [5.41, 5.74) is 5.54. The van der Waals surface area contributed by atoms with E-state index in [-0.39, 0.29) is 30.9 Å². The van der Waals surface area contributed by atoms with E-state index in [1.54, 1.807) is 74.5 Å². The Bertz CT molecular complexity index is 1840. The van der Waals surface area contributed by atoms with Crippen LogP contribution in [0.4, 0.5) is 11.8 Å². The van der Waals surface area contributed by atoms with Gasteiger partial charge in [-0.15, -0.1) is 0 Å². The number of aliphatic hydroxyl groups is 2. The lowest BCUT2D eigenvalue weighted by Crippen LogP contribution is -2.44. The fourth-order valence-corrected chi connectivity index (χ4v) is 7.67. The van der Waals surface area contributed by atoms with E-state index >= 15 is 0 Å². The summed E-state index contributed by atoms with van der Waals surface area (Å²) in [6.45, 7) is 4.13. The molecular weight excluding hydrogens is 695 g/mol. The quantitative estimate of drug-likeness (QED) is 0.0716. The zero-order valence-electron chi connectivity index (χ0n) is 28.9. The van der Waals surface area contributed by atoms with Crippen LogP contribution in [0.2, 0.25) is 0 Å². The van der Waals surface area contributed by atoms with Gasteiger partial charge in [-0.25, -0.2) is 24.7 Å². The minimum Gasteiger partial charge on any atom is -0.465 e. The summed E-state index contributed by atoms with van der Waals surface area (Å²) in [5, 5.41) is 31.8. The first-order valence-electron chi connectivity index (χ1n) is 17.0. The summed E-state index contributed by atoms with van der Waals surface area (Å²) in [6.07, 6.45) is -0.770. The van der Waals surface area contributed by atoms with Crippen LogP contribution in [0.3, 0.4) is 0 Å². The van der Waals surface area contributed by atoms with Crippen molar-refractivity contribution in [3.63, 3.8) is 0 Å². The lowest BCUT2D eigenvalue weighted by molar-refractivity contribution is -0.145. The van der Waals surface area contributed by atoms with Gasteiger partial charge in [0.15, 0.2) is 23.2 Å². The standard InChI is InChI=1S/C34H43N8O9P/c1-4-48-30(44)24(20-12-8-6-9-13-20)40-52(47,41-25(31(45)49-5-2)21-14-10-7-11-15-21)50-18-23-27(43)34(3,46)32(51-23)42-19-36-26-28(37-22-16-17-22)38-33(35)39-29(26)42/h6-15,19,22-25,27,32,43,46H,4-5,16-18H2,1-3H3,(H2,40,41,47)(H3,35,37,38,39)/t23-,24+,25+,27-,32-,34-/m1/s1. The molecule has 1 saturated carbocycles. The van der Waals surface area contributed by atoms with Crippen molar-refractivity contribution in [1.82, 2.24) is 29.7 Å². The summed E-state index contributed by atoms with van der Waals surface area (Å²) in [4.78, 5) is 39.6. The molecule has 17 nitrogen and oxygen atoms in total. The molecule has 0 unspecified atom stereocenters. The minimum absolute atomic E-state index is 0.0299. The van der Waals surface area contributed by atoms with Gasteiger partial charge in [-0.05, 0) is 44.7 Å². The van der Waals surface area contributed by atoms with Gasteiger partial charge in [0.2, 0.25) is 5.95 Å². The molecule has 6 atom stereocenters. The molecule has 0 bridgehead atoms. The molecule has 6 rings (SSSR count). The third kappa shape index (κ3) is 8.10. The summed E-state index contributed by atoms with van der Waals surface area (Å²) >= 11 is 0. The monoisotopic (exact) mass is 738 g/mol. The van der Waals surface area contributed by atoms with Gasteiger partial charge < -0.3 is 40.0 Å². The molecule has 3 heterocycles. The van der Waals surface area contributed by atoms with Gasteiger partial charge in [0.05, 0.1) is 26.1 Å². The highest BCUT2D eigenvalue weighted by atomic mass is 31.2. The SMILES string of the molecule is CCOC(=O)[C@@H](NP(=O)(N[C@H](C(=O)OCC)c1ccccc1)OC[C@H]1O[C@@H](n2cnc3c(NC4CC4)nc(N)nc32)[C@](C)(O)[C@@H]1O)c1ccccc1. The third-order valence-electron chi connectivity index (χ3n) is 8.69. The van der Waals surface area contributed by atoms with Gasteiger partial charge >= 0.3 is 19.6 Å². The van der Waals surface area contributed by atoms with Gasteiger partial charge in [0.25, 0.3) is 0 Å². The summed E-state index contributed by atoms with van der Waals surface area (Å²) < 4.78 is 39.2. The molecule has 4 aromatic rings. The molecule has 1 aliphatic heterocycles. The summed E-state index contributed by atoms with van der Waals surface area (Å²) in [6, 6.07) is 14.5. The molecule has 0 spiro atoms. The van der Waals surface area contributed by atoms with E-state index in [2.05, 4.69) is 30.4 Å². The Morgan fingerprint density at radius 1 is 1.00 bits per heavy atom. The molecular formula is C34H43N8O9P. The number of esters is 2. The van der Waals surface area contributed by atoms with Crippen LogP contribution in [0.25, 0.3) is 11.2 Å². The van der Waals surface area contributed by atoms with Crippen molar-refractivity contribution in [2.75, 3.05) is 30.9 Å². The van der Waals surface area contributed by atoms with E-state index in [1.807, 2.05) is 0 Å². The number of aliphatic hydroxyl groups excluding tert-OH is 1. The number of nitrogens with zero attached hydrogens (tertiary/aromatic N) is 4. The van der Waals surface area contributed by atoms with Crippen molar-refractivity contribution in [2.45, 2.75) is 75.8 Å². The summed E-state index contributed by atoms with van der Waals surface area (Å²) in [7, 11) is -4.52. The second kappa shape index (κ2) is 15.6. The van der Waals surface area contributed by atoms with Crippen LogP contribution in [0.5, 0.6) is 0 Å². The number of nitrogen functional groups attached to an aromatic ring is 1. The fourth-order valence-electron chi connectivity index (χ4n) is 5.90. The number of anilines is 2. The number of rotatable bonds is 16. The van der Waals surface area contributed by atoms with Crippen LogP contribution in [0.1, 0.15) is 63.1 Å². The first kappa shape index (κ1) is 37.3. The number of carbonyl (C=O) groups is 2. The van der Waals surface area contributed by atoms with E-state index < -0.39 is 62.3 Å². The maximum atomic E-state index is 15.0. The van der Waals surface area contributed by atoms with Gasteiger partial charge in [-0.1, -0.05) is 60.7 Å². The molecule has 0 amide bonds. The molecule has 52 heavy (non-hydrogen) atoms. The second-order valence-electron chi connectivity index (χ2n) is 12.7. The zero-order chi connectivity index (χ0) is 37.0. The van der Waals surface area contributed by atoms with Crippen molar-refractivity contribution < 1.29 is 43.1 Å². The van der Waals surface area contributed by atoms with Crippen LogP contribution in [-0.2, 0) is 32.9 Å².